The van der Waals surface area contributed by atoms with Gasteiger partial charge in [0.1, 0.15) is 11.6 Å². The van der Waals surface area contributed by atoms with E-state index in [4.69, 9.17) is 0 Å². The maximum absolute atomic E-state index is 13.5. The van der Waals surface area contributed by atoms with Crippen LogP contribution in [0.4, 0.5) is 26.7 Å². The lowest BCUT2D eigenvalue weighted by Gasteiger charge is -2.23. The van der Waals surface area contributed by atoms with Gasteiger partial charge in [0.25, 0.3) is 0 Å². The van der Waals surface area contributed by atoms with Crippen molar-refractivity contribution in [2.45, 2.75) is 18.6 Å². The Bertz CT molecular complexity index is 557. The number of nitrogens with one attached hydrogen (secondary N) is 3. The van der Waals surface area contributed by atoms with E-state index in [-0.39, 0.29) is 13.0 Å². The summed E-state index contributed by atoms with van der Waals surface area (Å²) in [5, 5.41) is 5.72. The van der Waals surface area contributed by atoms with Crippen LogP contribution >= 0.6 is 0 Å². The zero-order valence-electron chi connectivity index (χ0n) is 11.9. The van der Waals surface area contributed by atoms with Gasteiger partial charge in [-0.3, -0.25) is 4.79 Å². The summed E-state index contributed by atoms with van der Waals surface area (Å²) in [6.07, 6.45) is -5.27. The summed E-state index contributed by atoms with van der Waals surface area (Å²) in [5.74, 6) is -3.30. The van der Waals surface area contributed by atoms with Gasteiger partial charge in [0, 0.05) is 20.0 Å². The van der Waals surface area contributed by atoms with E-state index in [1.807, 2.05) is 5.32 Å². The van der Waals surface area contributed by atoms with E-state index in [0.717, 1.165) is 6.07 Å². The lowest BCUT2D eigenvalue weighted by Crippen LogP contribution is -2.45. The third kappa shape index (κ3) is 5.38. The van der Waals surface area contributed by atoms with Crippen molar-refractivity contribution >= 4 is 11.9 Å². The van der Waals surface area contributed by atoms with Crippen LogP contribution in [0, 0.1) is 11.6 Å². The monoisotopic (exact) mass is 339 g/mol. The van der Waals surface area contributed by atoms with E-state index < -0.39 is 41.4 Å². The van der Waals surface area contributed by atoms with E-state index in [1.54, 1.807) is 0 Å². The number of urea groups is 1. The van der Waals surface area contributed by atoms with E-state index in [9.17, 15) is 31.5 Å². The van der Waals surface area contributed by atoms with E-state index in [2.05, 4.69) is 5.32 Å². The van der Waals surface area contributed by atoms with Crippen molar-refractivity contribution in [1.82, 2.24) is 16.0 Å². The topological polar surface area (TPSA) is 70.2 Å². The lowest BCUT2D eigenvalue weighted by molar-refractivity contribution is -0.156. The van der Waals surface area contributed by atoms with Crippen LogP contribution in [-0.2, 0) is 4.79 Å². The van der Waals surface area contributed by atoms with E-state index in [1.165, 1.54) is 12.4 Å². The number of hydrogen-bond donors (Lipinski definition) is 3. The molecule has 10 heteroatoms. The molecular formula is C13H14F5N3O2. The van der Waals surface area contributed by atoms with Crippen LogP contribution in [0.2, 0.25) is 0 Å². The van der Waals surface area contributed by atoms with Gasteiger partial charge in [-0.25, -0.2) is 13.6 Å². The first-order chi connectivity index (χ1) is 10.7. The molecule has 0 bridgehead atoms. The highest BCUT2D eigenvalue weighted by Gasteiger charge is 2.44. The smallest absolute Gasteiger partial charge is 0.359 e. The fourth-order valence-electron chi connectivity index (χ4n) is 1.70. The second kappa shape index (κ2) is 7.75. The number of carbonyl (C=O) groups is 2. The summed E-state index contributed by atoms with van der Waals surface area (Å²) in [6, 6.07) is -1.95. The predicted molar refractivity (Wildman–Crippen MR) is 70.4 cm³/mol. The van der Waals surface area contributed by atoms with E-state index >= 15 is 0 Å². The second-order valence-corrected chi connectivity index (χ2v) is 4.43. The van der Waals surface area contributed by atoms with Crippen LogP contribution in [0.25, 0.3) is 0 Å². The molecule has 1 atom stereocenters. The van der Waals surface area contributed by atoms with Crippen LogP contribution < -0.4 is 16.0 Å². The van der Waals surface area contributed by atoms with E-state index in [0.29, 0.717) is 12.1 Å². The number of alkyl halides is 3. The highest BCUT2D eigenvalue weighted by atomic mass is 19.4. The highest BCUT2D eigenvalue weighted by molar-refractivity contribution is 5.78. The number of halogens is 5. The molecule has 1 aromatic rings. The molecule has 0 aliphatic carbocycles. The van der Waals surface area contributed by atoms with Crippen molar-refractivity contribution in [1.29, 1.82) is 0 Å². The van der Waals surface area contributed by atoms with Crippen molar-refractivity contribution < 1.29 is 31.5 Å². The SMILES string of the molecule is CNC(=O)CCNC(=O)NC(c1c(F)cccc1F)C(F)(F)F. The zero-order chi connectivity index (χ0) is 17.6. The molecular weight excluding hydrogens is 325 g/mol. The van der Waals surface area contributed by atoms with Gasteiger partial charge in [0.05, 0.1) is 5.56 Å². The van der Waals surface area contributed by atoms with Gasteiger partial charge in [0.2, 0.25) is 5.91 Å². The Hall–Kier alpha value is -2.39. The molecule has 1 unspecified atom stereocenters. The molecule has 3 amide bonds. The molecule has 0 saturated carbocycles. The number of amides is 3. The Morgan fingerprint density at radius 1 is 1.17 bits per heavy atom. The third-order valence-corrected chi connectivity index (χ3v) is 2.81. The minimum Gasteiger partial charge on any atom is -0.359 e. The van der Waals surface area contributed by atoms with Crippen molar-refractivity contribution in [3.05, 3.63) is 35.4 Å². The number of benzene rings is 1. The molecule has 0 fully saturated rings. The minimum absolute atomic E-state index is 0.158. The maximum Gasteiger partial charge on any atom is 0.413 e. The first-order valence-electron chi connectivity index (χ1n) is 6.42. The molecule has 1 aromatic carbocycles. The molecule has 0 spiro atoms. The van der Waals surface area contributed by atoms with Crippen molar-refractivity contribution in [2.24, 2.45) is 0 Å². The second-order valence-electron chi connectivity index (χ2n) is 4.43. The molecule has 23 heavy (non-hydrogen) atoms. The largest absolute Gasteiger partial charge is 0.413 e. The van der Waals surface area contributed by atoms with Gasteiger partial charge >= 0.3 is 12.2 Å². The summed E-state index contributed by atoms with van der Waals surface area (Å²) in [6.45, 7) is -0.240. The fraction of sp³-hybridized carbons (Fsp3) is 0.385. The van der Waals surface area contributed by atoms with Gasteiger partial charge in [-0.15, -0.1) is 0 Å². The Labute approximate surface area is 128 Å². The molecule has 1 rings (SSSR count). The molecule has 0 radical (unpaired) electrons. The molecule has 0 aliphatic rings. The standard InChI is InChI=1S/C13H14F5N3O2/c1-19-9(22)5-6-20-12(23)21-11(13(16,17)18)10-7(14)3-2-4-8(10)15/h2-4,11H,5-6H2,1H3,(H,19,22)(H2,20,21,23). The molecule has 0 saturated heterocycles. The van der Waals surface area contributed by atoms with Crippen molar-refractivity contribution in [3.63, 3.8) is 0 Å². The van der Waals surface area contributed by atoms with Crippen molar-refractivity contribution in [2.75, 3.05) is 13.6 Å². The fourth-order valence-corrected chi connectivity index (χ4v) is 1.70. The third-order valence-electron chi connectivity index (χ3n) is 2.81. The van der Waals surface area contributed by atoms with Crippen LogP contribution in [0.15, 0.2) is 18.2 Å². The first kappa shape index (κ1) is 18.7. The average molecular weight is 339 g/mol. The molecule has 0 heterocycles. The van der Waals surface area contributed by atoms with Gasteiger partial charge in [-0.1, -0.05) is 6.07 Å². The summed E-state index contributed by atoms with van der Waals surface area (Å²) in [7, 11) is 1.35. The Balaban J connectivity index is 2.85. The molecule has 0 aromatic heterocycles. The van der Waals surface area contributed by atoms with Gasteiger partial charge < -0.3 is 16.0 Å². The maximum atomic E-state index is 13.5. The Morgan fingerprint density at radius 2 is 1.74 bits per heavy atom. The first-order valence-corrected chi connectivity index (χ1v) is 6.42. The van der Waals surface area contributed by atoms with Gasteiger partial charge in [-0.2, -0.15) is 13.2 Å². The summed E-state index contributed by atoms with van der Waals surface area (Å²) >= 11 is 0. The van der Waals surface area contributed by atoms with Crippen molar-refractivity contribution in [3.8, 4) is 0 Å². The molecule has 3 N–H and O–H groups in total. The normalized spacial score (nSPS) is 12.4. The van der Waals surface area contributed by atoms with Gasteiger partial charge in [-0.05, 0) is 12.1 Å². The lowest BCUT2D eigenvalue weighted by atomic mass is 10.1. The van der Waals surface area contributed by atoms with Crippen LogP contribution in [0.1, 0.15) is 18.0 Å². The quantitative estimate of drug-likeness (QED) is 0.718. The molecule has 0 aliphatic heterocycles. The van der Waals surface area contributed by atoms with Crippen LogP contribution in [-0.4, -0.2) is 31.7 Å². The Morgan fingerprint density at radius 3 is 2.22 bits per heavy atom. The van der Waals surface area contributed by atoms with Crippen LogP contribution in [0.3, 0.4) is 0 Å². The van der Waals surface area contributed by atoms with Gasteiger partial charge in [0.15, 0.2) is 6.04 Å². The summed E-state index contributed by atoms with van der Waals surface area (Å²) in [4.78, 5) is 22.4. The number of rotatable bonds is 5. The summed E-state index contributed by atoms with van der Waals surface area (Å²) in [5.41, 5.74) is -1.30. The Kier molecular flexibility index (Phi) is 6.28. The highest BCUT2D eigenvalue weighted by Crippen LogP contribution is 2.35. The predicted octanol–water partition coefficient (Wildman–Crippen LogP) is 2.00. The number of hydrogen-bond acceptors (Lipinski definition) is 2. The zero-order valence-corrected chi connectivity index (χ0v) is 11.9. The molecule has 5 nitrogen and oxygen atoms in total. The average Bonchev–Trinajstić information content (AvgIpc) is 2.44. The summed E-state index contributed by atoms with van der Waals surface area (Å²) < 4.78 is 66.0. The molecule has 128 valence electrons. The minimum atomic E-state index is -5.11. The van der Waals surface area contributed by atoms with Crippen LogP contribution in [0.5, 0.6) is 0 Å². The number of carbonyl (C=O) groups excluding carboxylic acids is 2.